The van der Waals surface area contributed by atoms with E-state index in [1.54, 1.807) is 0 Å². The molecule has 61 heavy (non-hydrogen) atoms. The van der Waals surface area contributed by atoms with Crippen LogP contribution < -0.4 is 4.90 Å². The lowest BCUT2D eigenvalue weighted by molar-refractivity contribution is 0.660. The summed E-state index contributed by atoms with van der Waals surface area (Å²) < 4.78 is 2.52. The first kappa shape index (κ1) is 40.0. The Hall–Kier alpha value is -6.38. The molecule has 8 aromatic rings. The number of anilines is 3. The monoisotopic (exact) mass is 794 g/mol. The number of allylic oxidation sites excluding steroid dienone is 4. The Labute approximate surface area is 363 Å². The van der Waals surface area contributed by atoms with Crippen molar-refractivity contribution in [2.75, 3.05) is 4.90 Å². The first-order valence-electron chi connectivity index (χ1n) is 22.3. The van der Waals surface area contributed by atoms with Gasteiger partial charge in [-0.1, -0.05) is 118 Å². The van der Waals surface area contributed by atoms with Crippen molar-refractivity contribution in [3.63, 3.8) is 0 Å². The van der Waals surface area contributed by atoms with Crippen LogP contribution in [0.1, 0.15) is 90.6 Å². The molecule has 0 amide bonds. The third-order valence-electron chi connectivity index (χ3n) is 13.8. The molecule has 2 heteroatoms. The second kappa shape index (κ2) is 15.6. The van der Waals surface area contributed by atoms with Crippen molar-refractivity contribution >= 4 is 44.4 Å². The van der Waals surface area contributed by atoms with Gasteiger partial charge in [0.15, 0.2) is 0 Å². The summed E-state index contributed by atoms with van der Waals surface area (Å²) in [5.74, 6) is 0. The quantitative estimate of drug-likeness (QED) is 0.163. The first-order valence-corrected chi connectivity index (χ1v) is 22.3. The van der Waals surface area contributed by atoms with Gasteiger partial charge < -0.3 is 9.47 Å². The summed E-state index contributed by atoms with van der Waals surface area (Å²) in [6.45, 7) is 22.3. The third kappa shape index (κ3) is 6.56. The zero-order valence-corrected chi connectivity index (χ0v) is 37.7. The third-order valence-corrected chi connectivity index (χ3v) is 13.8. The van der Waals surface area contributed by atoms with Gasteiger partial charge in [-0.25, -0.2) is 0 Å². The number of nitrogens with zero attached hydrogens (tertiary/aromatic N) is 2. The maximum atomic E-state index is 2.52. The van der Waals surface area contributed by atoms with Crippen molar-refractivity contribution in [2.24, 2.45) is 0 Å². The van der Waals surface area contributed by atoms with Crippen LogP contribution in [0.4, 0.5) is 17.1 Å². The molecule has 0 atom stereocenters. The SMILES string of the molecule is CC.Cc1ccc2c(c1)c1cc(-c3ccc(N(c4ccc(C5=CCCC=C5)cc4)c4ccc5c(c4)C(C)(C)c4ccccc4-5)cc3)ccc1n2-c1c(C)c(C)c(C)c(C)c1C. The predicted octanol–water partition coefficient (Wildman–Crippen LogP) is 16.8. The predicted molar refractivity (Wildman–Crippen MR) is 265 cm³/mol. The van der Waals surface area contributed by atoms with Gasteiger partial charge in [0.05, 0.1) is 16.7 Å². The molecule has 2 aliphatic carbocycles. The lowest BCUT2D eigenvalue weighted by Gasteiger charge is -2.28. The van der Waals surface area contributed by atoms with Crippen LogP contribution in [0.15, 0.2) is 146 Å². The summed E-state index contributed by atoms with van der Waals surface area (Å²) in [6, 6.07) is 48.3. The maximum absolute atomic E-state index is 2.52. The fourth-order valence-corrected chi connectivity index (χ4v) is 10.1. The molecule has 0 aliphatic heterocycles. The van der Waals surface area contributed by atoms with E-state index in [0.29, 0.717) is 0 Å². The highest BCUT2D eigenvalue weighted by Crippen LogP contribution is 2.51. The van der Waals surface area contributed by atoms with Crippen LogP contribution in [0, 0.1) is 41.5 Å². The lowest BCUT2D eigenvalue weighted by atomic mass is 9.82. The molecular formula is C59H58N2. The Kier molecular flexibility index (Phi) is 10.2. The molecule has 0 saturated carbocycles. The molecule has 0 unspecified atom stereocenters. The molecule has 0 fully saturated rings. The van der Waals surface area contributed by atoms with Crippen LogP contribution in [0.3, 0.4) is 0 Å². The zero-order valence-electron chi connectivity index (χ0n) is 37.7. The molecular weight excluding hydrogens is 737 g/mol. The van der Waals surface area contributed by atoms with Gasteiger partial charge in [0.2, 0.25) is 0 Å². The summed E-state index contributed by atoms with van der Waals surface area (Å²) in [5.41, 5.74) is 25.7. The Bertz CT molecular complexity index is 3030. The number of aryl methyl sites for hydroxylation is 1. The summed E-state index contributed by atoms with van der Waals surface area (Å²) in [7, 11) is 0. The number of hydrogen-bond acceptors (Lipinski definition) is 1. The minimum atomic E-state index is -0.0874. The van der Waals surface area contributed by atoms with Gasteiger partial charge >= 0.3 is 0 Å². The van der Waals surface area contributed by atoms with Crippen LogP contribution >= 0.6 is 0 Å². The van der Waals surface area contributed by atoms with Crippen LogP contribution in [-0.4, -0.2) is 4.57 Å². The molecule has 0 bridgehead atoms. The number of rotatable bonds is 6. The van der Waals surface area contributed by atoms with E-state index in [0.717, 1.165) is 24.2 Å². The van der Waals surface area contributed by atoms with E-state index in [4.69, 9.17) is 0 Å². The summed E-state index contributed by atoms with van der Waals surface area (Å²) >= 11 is 0. The van der Waals surface area contributed by atoms with E-state index >= 15 is 0 Å². The average Bonchev–Trinajstić information content (AvgIpc) is 3.73. The van der Waals surface area contributed by atoms with Crippen molar-refractivity contribution < 1.29 is 0 Å². The van der Waals surface area contributed by atoms with Crippen LogP contribution in [0.5, 0.6) is 0 Å². The Morgan fingerprint density at radius 1 is 0.492 bits per heavy atom. The van der Waals surface area contributed by atoms with E-state index in [2.05, 4.69) is 210 Å². The summed E-state index contributed by atoms with van der Waals surface area (Å²) in [5, 5.41) is 2.58. The fraction of sp³-hybridized carbons (Fsp3) is 0.220. The van der Waals surface area contributed by atoms with Crippen molar-refractivity contribution in [1.29, 1.82) is 0 Å². The molecule has 304 valence electrons. The summed E-state index contributed by atoms with van der Waals surface area (Å²) in [6.07, 6.45) is 9.12. The molecule has 0 radical (unpaired) electrons. The van der Waals surface area contributed by atoms with Gasteiger partial charge in [0.25, 0.3) is 0 Å². The lowest BCUT2D eigenvalue weighted by Crippen LogP contribution is -2.16. The van der Waals surface area contributed by atoms with Crippen LogP contribution in [0.2, 0.25) is 0 Å². The Morgan fingerprint density at radius 3 is 1.70 bits per heavy atom. The standard InChI is InChI=1S/C57H52N2.C2H6/c1-35-18-30-54-50(32-35)51-33-44(23-31-55(51)59(54)56-39(5)37(3)36(2)38(4)40(56)6)43-21-26-46(27-22-43)58(45-24-19-42(20-25-45)41-14-10-9-11-15-41)47-28-29-49-48-16-12-13-17-52(48)57(7,8)53(49)34-47;1-2/h10,12-34H,9,11H2,1-8H3;1-2H3. The highest BCUT2D eigenvalue weighted by Gasteiger charge is 2.35. The van der Waals surface area contributed by atoms with E-state index in [-0.39, 0.29) is 5.41 Å². The van der Waals surface area contributed by atoms with Gasteiger partial charge in [-0.15, -0.1) is 0 Å². The summed E-state index contributed by atoms with van der Waals surface area (Å²) in [4.78, 5) is 2.42. The number of hydrogen-bond donors (Lipinski definition) is 0. The molecule has 1 heterocycles. The molecule has 1 aromatic heterocycles. The Morgan fingerprint density at radius 2 is 1.05 bits per heavy atom. The minimum Gasteiger partial charge on any atom is -0.310 e. The highest BCUT2D eigenvalue weighted by atomic mass is 15.1. The number of fused-ring (bicyclic) bond motifs is 6. The first-order chi connectivity index (χ1) is 29.5. The molecule has 0 saturated heterocycles. The van der Waals surface area contributed by atoms with E-state index in [1.807, 2.05) is 13.8 Å². The van der Waals surface area contributed by atoms with Gasteiger partial charge in [0, 0.05) is 33.2 Å². The molecule has 7 aromatic carbocycles. The Balaban J connectivity index is 0.00000235. The van der Waals surface area contributed by atoms with E-state index in [1.165, 1.54) is 111 Å². The van der Waals surface area contributed by atoms with E-state index < -0.39 is 0 Å². The molecule has 0 N–H and O–H groups in total. The zero-order chi connectivity index (χ0) is 42.7. The van der Waals surface area contributed by atoms with Gasteiger partial charge in [-0.05, 0) is 187 Å². The normalized spacial score (nSPS) is 13.8. The topological polar surface area (TPSA) is 8.17 Å². The minimum absolute atomic E-state index is 0.0874. The molecule has 2 aliphatic rings. The highest BCUT2D eigenvalue weighted by molar-refractivity contribution is 6.11. The van der Waals surface area contributed by atoms with Crippen molar-refractivity contribution in [3.05, 3.63) is 196 Å². The average molecular weight is 795 g/mol. The fourth-order valence-electron chi connectivity index (χ4n) is 10.1. The second-order valence-corrected chi connectivity index (χ2v) is 17.5. The van der Waals surface area contributed by atoms with Crippen molar-refractivity contribution in [2.45, 2.75) is 87.5 Å². The van der Waals surface area contributed by atoms with Crippen LogP contribution in [0.25, 0.3) is 55.3 Å². The van der Waals surface area contributed by atoms with E-state index in [9.17, 15) is 0 Å². The smallest absolute Gasteiger partial charge is 0.0541 e. The molecule has 0 spiro atoms. The molecule has 2 nitrogen and oxygen atoms in total. The van der Waals surface area contributed by atoms with Gasteiger partial charge in [0.1, 0.15) is 0 Å². The largest absolute Gasteiger partial charge is 0.310 e. The van der Waals surface area contributed by atoms with Crippen molar-refractivity contribution in [1.82, 2.24) is 4.57 Å². The van der Waals surface area contributed by atoms with Crippen molar-refractivity contribution in [3.8, 4) is 27.9 Å². The van der Waals surface area contributed by atoms with Gasteiger partial charge in [-0.3, -0.25) is 0 Å². The van der Waals surface area contributed by atoms with Crippen LogP contribution in [-0.2, 0) is 5.41 Å². The number of benzene rings is 7. The van der Waals surface area contributed by atoms with Gasteiger partial charge in [-0.2, -0.15) is 0 Å². The number of aromatic nitrogens is 1. The maximum Gasteiger partial charge on any atom is 0.0541 e. The molecule has 10 rings (SSSR count). The second-order valence-electron chi connectivity index (χ2n) is 17.5.